The number of aryl methyl sites for hydroxylation is 1. The maximum Gasteiger partial charge on any atom is 0.246 e. The minimum Gasteiger partial charge on any atom is -0.490 e. The minimum atomic E-state index is -0.0434. The molecule has 1 aromatic heterocycles. The predicted octanol–water partition coefficient (Wildman–Crippen LogP) is 2.32. The molecule has 3 rings (SSSR count). The molecule has 0 spiro atoms. The van der Waals surface area contributed by atoms with E-state index in [9.17, 15) is 4.79 Å². The highest BCUT2D eigenvalue weighted by Gasteiger charge is 2.24. The van der Waals surface area contributed by atoms with Gasteiger partial charge in [0, 0.05) is 24.1 Å². The molecule has 1 amide bonds. The number of methoxy groups -OCH3 is 1. The number of benzene rings is 1. The zero-order chi connectivity index (χ0) is 16.2. The molecule has 0 atom stereocenters. The number of H-pyrrole nitrogens is 1. The standard InChI is InChI=1S/C17H23N3O3/c1-11-14-9-18-20-15(14)7-8-16(11)23-13-5-3-12(4-6-13)19-17(21)10-22-2/h7-9,12-13H,3-6,10H2,1-2H3,(H,18,20)(H,19,21)/t12-,13+. The summed E-state index contributed by atoms with van der Waals surface area (Å²) in [6, 6.07) is 4.23. The van der Waals surface area contributed by atoms with Crippen LogP contribution in [0.4, 0.5) is 0 Å². The third-order valence-corrected chi connectivity index (χ3v) is 4.45. The van der Waals surface area contributed by atoms with Crippen molar-refractivity contribution in [3.63, 3.8) is 0 Å². The van der Waals surface area contributed by atoms with Gasteiger partial charge in [-0.2, -0.15) is 5.10 Å². The van der Waals surface area contributed by atoms with E-state index in [1.807, 2.05) is 18.3 Å². The molecule has 1 fully saturated rings. The highest BCUT2D eigenvalue weighted by molar-refractivity contribution is 5.83. The largest absolute Gasteiger partial charge is 0.490 e. The first-order chi connectivity index (χ1) is 11.2. The normalized spacial score (nSPS) is 21.3. The average Bonchev–Trinajstić information content (AvgIpc) is 3.01. The number of carbonyl (C=O) groups excluding carboxylic acids is 1. The van der Waals surface area contributed by atoms with E-state index in [1.165, 1.54) is 7.11 Å². The molecule has 2 aromatic rings. The van der Waals surface area contributed by atoms with E-state index in [2.05, 4.69) is 22.4 Å². The van der Waals surface area contributed by atoms with Crippen LogP contribution in [-0.4, -0.2) is 42.0 Å². The molecule has 1 aromatic carbocycles. The number of rotatable bonds is 5. The van der Waals surface area contributed by atoms with Crippen molar-refractivity contribution < 1.29 is 14.3 Å². The molecule has 0 unspecified atom stereocenters. The van der Waals surface area contributed by atoms with Crippen molar-refractivity contribution in [3.05, 3.63) is 23.9 Å². The Morgan fingerprint density at radius 3 is 2.87 bits per heavy atom. The van der Waals surface area contributed by atoms with E-state index in [4.69, 9.17) is 9.47 Å². The van der Waals surface area contributed by atoms with E-state index < -0.39 is 0 Å². The van der Waals surface area contributed by atoms with Gasteiger partial charge >= 0.3 is 0 Å². The van der Waals surface area contributed by atoms with Crippen LogP contribution in [-0.2, 0) is 9.53 Å². The van der Waals surface area contributed by atoms with Crippen molar-refractivity contribution in [1.29, 1.82) is 0 Å². The lowest BCUT2D eigenvalue weighted by Gasteiger charge is -2.30. The van der Waals surface area contributed by atoms with E-state index in [1.54, 1.807) is 0 Å². The Hall–Kier alpha value is -2.08. The lowest BCUT2D eigenvalue weighted by Crippen LogP contribution is -2.41. The number of carbonyl (C=O) groups is 1. The second-order valence-corrected chi connectivity index (χ2v) is 6.11. The number of ether oxygens (including phenoxy) is 2. The molecule has 1 heterocycles. The van der Waals surface area contributed by atoms with Crippen molar-refractivity contribution in [3.8, 4) is 5.75 Å². The number of fused-ring (bicyclic) bond motifs is 1. The number of aromatic amines is 1. The first kappa shape index (κ1) is 15.8. The number of nitrogens with one attached hydrogen (secondary N) is 2. The van der Waals surface area contributed by atoms with Crippen LogP contribution in [0, 0.1) is 6.92 Å². The lowest BCUT2D eigenvalue weighted by atomic mass is 9.93. The summed E-state index contributed by atoms with van der Waals surface area (Å²) in [5, 5.41) is 11.1. The fraction of sp³-hybridized carbons (Fsp3) is 0.529. The van der Waals surface area contributed by atoms with Gasteiger partial charge in [-0.15, -0.1) is 0 Å². The quantitative estimate of drug-likeness (QED) is 0.887. The molecule has 1 aliphatic rings. The van der Waals surface area contributed by atoms with Crippen LogP contribution >= 0.6 is 0 Å². The molecule has 0 bridgehead atoms. The Labute approximate surface area is 135 Å². The van der Waals surface area contributed by atoms with Crippen molar-refractivity contribution in [2.75, 3.05) is 13.7 Å². The van der Waals surface area contributed by atoms with Crippen molar-refractivity contribution >= 4 is 16.8 Å². The molecule has 2 N–H and O–H groups in total. The van der Waals surface area contributed by atoms with E-state index in [-0.39, 0.29) is 24.7 Å². The zero-order valence-corrected chi connectivity index (χ0v) is 13.6. The van der Waals surface area contributed by atoms with Gasteiger partial charge in [-0.3, -0.25) is 9.89 Å². The van der Waals surface area contributed by atoms with Crippen LogP contribution in [0.5, 0.6) is 5.75 Å². The second-order valence-electron chi connectivity index (χ2n) is 6.11. The molecule has 6 heteroatoms. The van der Waals surface area contributed by atoms with Gasteiger partial charge in [-0.25, -0.2) is 0 Å². The third kappa shape index (κ3) is 3.64. The number of hydrogen-bond donors (Lipinski definition) is 2. The molecule has 0 saturated heterocycles. The molecule has 1 saturated carbocycles. The van der Waals surface area contributed by atoms with E-state index in [0.29, 0.717) is 0 Å². The summed E-state index contributed by atoms with van der Waals surface area (Å²) < 4.78 is 11.0. The molecular formula is C17H23N3O3. The smallest absolute Gasteiger partial charge is 0.246 e. The molecule has 124 valence electrons. The SMILES string of the molecule is COCC(=O)N[C@H]1CC[C@@H](Oc2ccc3[nH]ncc3c2C)CC1. The summed E-state index contributed by atoms with van der Waals surface area (Å²) in [7, 11) is 1.53. The van der Waals surface area contributed by atoms with Gasteiger partial charge in [0.1, 0.15) is 12.4 Å². The number of hydrogen-bond acceptors (Lipinski definition) is 4. The number of nitrogens with zero attached hydrogens (tertiary/aromatic N) is 1. The maximum atomic E-state index is 11.6. The summed E-state index contributed by atoms with van der Waals surface area (Å²) in [6.07, 6.45) is 5.80. The molecule has 0 aliphatic heterocycles. The van der Waals surface area contributed by atoms with Gasteiger partial charge in [-0.05, 0) is 44.7 Å². The Kier molecular flexibility index (Phi) is 4.81. The number of aromatic nitrogens is 2. The summed E-state index contributed by atoms with van der Waals surface area (Å²) in [5.74, 6) is 0.879. The monoisotopic (exact) mass is 317 g/mol. The maximum absolute atomic E-state index is 11.6. The summed E-state index contributed by atoms with van der Waals surface area (Å²) in [5.41, 5.74) is 2.14. The highest BCUT2D eigenvalue weighted by atomic mass is 16.5. The van der Waals surface area contributed by atoms with Crippen molar-refractivity contribution in [1.82, 2.24) is 15.5 Å². The molecule has 23 heavy (non-hydrogen) atoms. The van der Waals surface area contributed by atoms with Crippen LogP contribution in [0.3, 0.4) is 0 Å². The van der Waals surface area contributed by atoms with Crippen molar-refractivity contribution in [2.45, 2.75) is 44.8 Å². The first-order valence-electron chi connectivity index (χ1n) is 8.05. The first-order valence-corrected chi connectivity index (χ1v) is 8.05. The molecule has 0 radical (unpaired) electrons. The van der Waals surface area contributed by atoms with Gasteiger partial charge in [-0.1, -0.05) is 0 Å². The molecule has 6 nitrogen and oxygen atoms in total. The molecular weight excluding hydrogens is 294 g/mol. The van der Waals surface area contributed by atoms with Crippen molar-refractivity contribution in [2.24, 2.45) is 0 Å². The van der Waals surface area contributed by atoms with Gasteiger partial charge in [0.05, 0.1) is 17.8 Å². The Balaban J connectivity index is 1.55. The third-order valence-electron chi connectivity index (χ3n) is 4.45. The Bertz CT molecular complexity index is 675. The fourth-order valence-corrected chi connectivity index (χ4v) is 3.17. The molecule has 1 aliphatic carbocycles. The summed E-state index contributed by atoms with van der Waals surface area (Å²) >= 11 is 0. The minimum absolute atomic E-state index is 0.0434. The van der Waals surface area contributed by atoms with Crippen LogP contribution in [0.2, 0.25) is 0 Å². The summed E-state index contributed by atoms with van der Waals surface area (Å²) in [4.78, 5) is 11.6. The predicted molar refractivity (Wildman–Crippen MR) is 87.5 cm³/mol. The number of amides is 1. The van der Waals surface area contributed by atoms with Gasteiger partial charge < -0.3 is 14.8 Å². The second kappa shape index (κ2) is 7.00. The zero-order valence-electron chi connectivity index (χ0n) is 13.6. The lowest BCUT2D eigenvalue weighted by molar-refractivity contribution is -0.125. The highest BCUT2D eigenvalue weighted by Crippen LogP contribution is 2.29. The van der Waals surface area contributed by atoms with Gasteiger partial charge in [0.15, 0.2) is 0 Å². The van der Waals surface area contributed by atoms with E-state index >= 15 is 0 Å². The Morgan fingerprint density at radius 2 is 2.13 bits per heavy atom. The van der Waals surface area contributed by atoms with Crippen LogP contribution in [0.1, 0.15) is 31.2 Å². The topological polar surface area (TPSA) is 76.2 Å². The fourth-order valence-electron chi connectivity index (χ4n) is 3.17. The van der Waals surface area contributed by atoms with Crippen LogP contribution < -0.4 is 10.1 Å². The van der Waals surface area contributed by atoms with Gasteiger partial charge in [0.25, 0.3) is 0 Å². The average molecular weight is 317 g/mol. The Morgan fingerprint density at radius 1 is 1.35 bits per heavy atom. The van der Waals surface area contributed by atoms with E-state index in [0.717, 1.165) is 47.9 Å². The summed E-state index contributed by atoms with van der Waals surface area (Å²) in [6.45, 7) is 2.18. The van der Waals surface area contributed by atoms with Gasteiger partial charge in [0.2, 0.25) is 5.91 Å². The van der Waals surface area contributed by atoms with Crippen LogP contribution in [0.25, 0.3) is 10.9 Å². The van der Waals surface area contributed by atoms with Crippen LogP contribution in [0.15, 0.2) is 18.3 Å².